The van der Waals surface area contributed by atoms with E-state index in [0.29, 0.717) is 24.8 Å². The van der Waals surface area contributed by atoms with Crippen molar-refractivity contribution in [2.45, 2.75) is 135 Å². The molecule has 1 saturated heterocycles. The van der Waals surface area contributed by atoms with Crippen LogP contribution < -0.4 is 0 Å². The fraction of sp³-hybridized carbons (Fsp3) is 0.744. The Hall–Kier alpha value is -2.38. The van der Waals surface area contributed by atoms with Gasteiger partial charge in [0.1, 0.15) is 23.9 Å². The van der Waals surface area contributed by atoms with Crippen molar-refractivity contribution in [1.29, 1.82) is 0 Å². The lowest BCUT2D eigenvalue weighted by Gasteiger charge is -2.48. The minimum atomic E-state index is -1.51. The van der Waals surface area contributed by atoms with Gasteiger partial charge in [0.05, 0.1) is 29.3 Å². The van der Waals surface area contributed by atoms with E-state index in [9.17, 15) is 24.9 Å². The number of nitrogens with zero attached hydrogens (tertiary/aromatic N) is 1. The number of benzene rings is 1. The first-order valence-corrected chi connectivity index (χ1v) is 18.1. The molecule has 3 rings (SSSR count). The first-order valence-electron chi connectivity index (χ1n) is 18.1. The van der Waals surface area contributed by atoms with Crippen molar-refractivity contribution in [3.63, 3.8) is 0 Å². The van der Waals surface area contributed by atoms with Crippen LogP contribution in [0.5, 0.6) is 0 Å². The number of allylic oxidation sites excluding steroid dienone is 1. The number of hydrogen-bond acceptors (Lipinski definition) is 11. The molecule has 2 aliphatic heterocycles. The molecular weight excluding hydrogens is 642 g/mol. The number of hydrogen-bond donors (Lipinski definition) is 3. The Morgan fingerprint density at radius 1 is 1.10 bits per heavy atom. The molecule has 0 aromatic heterocycles. The van der Waals surface area contributed by atoms with Gasteiger partial charge in [-0.2, -0.15) is 0 Å². The van der Waals surface area contributed by atoms with Gasteiger partial charge in [0.15, 0.2) is 6.29 Å². The second kappa shape index (κ2) is 17.9. The molecule has 0 aliphatic carbocycles. The number of rotatable bonds is 9. The lowest BCUT2D eigenvalue weighted by Crippen LogP contribution is -2.60. The third-order valence-electron chi connectivity index (χ3n) is 11.0. The average Bonchev–Trinajstić information content (AvgIpc) is 3.07. The predicted octanol–water partition coefficient (Wildman–Crippen LogP) is 4.76. The van der Waals surface area contributed by atoms with Crippen LogP contribution in [0.3, 0.4) is 0 Å². The zero-order valence-corrected chi connectivity index (χ0v) is 32.0. The minimum Gasteiger partial charge on any atom is -0.459 e. The molecular formula is C39H63NO10. The van der Waals surface area contributed by atoms with E-state index in [4.69, 9.17) is 23.7 Å². The summed E-state index contributed by atoms with van der Waals surface area (Å²) >= 11 is 0. The average molecular weight is 706 g/mol. The van der Waals surface area contributed by atoms with E-state index in [1.165, 1.54) is 0 Å². The van der Waals surface area contributed by atoms with Gasteiger partial charge in [0.25, 0.3) is 0 Å². The Morgan fingerprint density at radius 3 is 2.30 bits per heavy atom. The fourth-order valence-electron chi connectivity index (χ4n) is 8.14. The summed E-state index contributed by atoms with van der Waals surface area (Å²) in [5, 5.41) is 33.6. The number of cyclic esters (lactones) is 1. The molecule has 13 atom stereocenters. The second-order valence-electron chi connectivity index (χ2n) is 15.2. The van der Waals surface area contributed by atoms with Gasteiger partial charge in [-0.1, -0.05) is 50.6 Å². The topological polar surface area (TPSA) is 144 Å². The van der Waals surface area contributed by atoms with Gasteiger partial charge in [-0.05, 0) is 92.4 Å². The number of likely N-dealkylation sites (N-methyl/N-ethyl adjacent to an activating group) is 1. The Kier molecular flexibility index (Phi) is 15.1. The van der Waals surface area contributed by atoms with E-state index < -0.39 is 71.6 Å². The SMILES string of the molecule is CC[C@H]1OC(=O)[C@H](C)[C@H](OC(=O)c2ccccc2)[C@H](C)[C@@H](O[C@@H]2O[C@H](C)C[C@H](N(C)C)[C@H]2O)[C@](C)(OC)C[C@@H](C)/C=C(/C)[C@@H](CCO)[C@]1(C)O. The maximum Gasteiger partial charge on any atom is 0.338 e. The first-order chi connectivity index (χ1) is 23.4. The Labute approximate surface area is 299 Å². The maximum absolute atomic E-state index is 14.1. The van der Waals surface area contributed by atoms with E-state index in [1.54, 1.807) is 51.3 Å². The summed E-state index contributed by atoms with van der Waals surface area (Å²) in [4.78, 5) is 29.7. The number of methoxy groups -OCH3 is 1. The molecule has 0 saturated carbocycles. The smallest absolute Gasteiger partial charge is 0.338 e. The molecule has 0 unspecified atom stereocenters. The van der Waals surface area contributed by atoms with Crippen molar-refractivity contribution in [2.75, 3.05) is 27.8 Å². The first kappa shape index (κ1) is 42.0. The molecule has 2 heterocycles. The van der Waals surface area contributed by atoms with Crippen molar-refractivity contribution in [3.05, 3.63) is 47.5 Å². The summed E-state index contributed by atoms with van der Waals surface area (Å²) in [5.74, 6) is -3.61. The van der Waals surface area contributed by atoms with Gasteiger partial charge in [0, 0.05) is 31.6 Å². The molecule has 3 N–H and O–H groups in total. The zero-order valence-electron chi connectivity index (χ0n) is 32.0. The lowest BCUT2D eigenvalue weighted by atomic mass is 9.74. The Bertz CT molecular complexity index is 1270. The lowest BCUT2D eigenvalue weighted by molar-refractivity contribution is -0.301. The number of ether oxygens (including phenoxy) is 5. The predicted molar refractivity (Wildman–Crippen MR) is 190 cm³/mol. The zero-order chi connectivity index (χ0) is 37.6. The van der Waals surface area contributed by atoms with Crippen LogP contribution in [0.2, 0.25) is 0 Å². The van der Waals surface area contributed by atoms with Crippen LogP contribution in [0.15, 0.2) is 42.0 Å². The van der Waals surface area contributed by atoms with Crippen molar-refractivity contribution < 1.29 is 48.6 Å². The Morgan fingerprint density at radius 2 is 1.74 bits per heavy atom. The van der Waals surface area contributed by atoms with Crippen LogP contribution in [0.4, 0.5) is 0 Å². The van der Waals surface area contributed by atoms with Crippen LogP contribution in [-0.2, 0) is 28.5 Å². The number of esters is 2. The van der Waals surface area contributed by atoms with E-state index in [2.05, 4.69) is 6.08 Å². The molecule has 1 aromatic rings. The highest BCUT2D eigenvalue weighted by Gasteiger charge is 2.51. The molecule has 0 spiro atoms. The van der Waals surface area contributed by atoms with Gasteiger partial charge in [-0.15, -0.1) is 0 Å². The van der Waals surface area contributed by atoms with Crippen molar-refractivity contribution in [3.8, 4) is 0 Å². The third-order valence-corrected chi connectivity index (χ3v) is 11.0. The van der Waals surface area contributed by atoms with Gasteiger partial charge in [0.2, 0.25) is 0 Å². The summed E-state index contributed by atoms with van der Waals surface area (Å²) in [6, 6.07) is 8.31. The Balaban J connectivity index is 2.23. The minimum absolute atomic E-state index is 0.116. The van der Waals surface area contributed by atoms with Crippen LogP contribution in [0, 0.1) is 23.7 Å². The largest absolute Gasteiger partial charge is 0.459 e. The molecule has 1 aromatic carbocycles. The highest BCUT2D eigenvalue weighted by molar-refractivity contribution is 5.89. The summed E-state index contributed by atoms with van der Waals surface area (Å²) in [6.07, 6.45) is -1.45. The van der Waals surface area contributed by atoms with E-state index in [0.717, 1.165) is 5.57 Å². The normalized spacial score (nSPS) is 40.3. The van der Waals surface area contributed by atoms with Crippen molar-refractivity contribution >= 4 is 11.9 Å². The number of aliphatic hydroxyl groups excluding tert-OH is 2. The molecule has 11 heteroatoms. The van der Waals surface area contributed by atoms with Crippen molar-refractivity contribution in [2.24, 2.45) is 23.7 Å². The highest BCUT2D eigenvalue weighted by Crippen LogP contribution is 2.41. The quantitative estimate of drug-likeness (QED) is 0.242. The van der Waals surface area contributed by atoms with Crippen LogP contribution >= 0.6 is 0 Å². The van der Waals surface area contributed by atoms with Gasteiger partial charge < -0.3 is 43.9 Å². The van der Waals surface area contributed by atoms with Gasteiger partial charge in [-0.25, -0.2) is 4.79 Å². The van der Waals surface area contributed by atoms with Crippen LogP contribution in [0.1, 0.15) is 91.4 Å². The van der Waals surface area contributed by atoms with Crippen LogP contribution in [0.25, 0.3) is 0 Å². The molecule has 2 aliphatic rings. The maximum atomic E-state index is 14.1. The highest BCUT2D eigenvalue weighted by atomic mass is 16.7. The summed E-state index contributed by atoms with van der Waals surface area (Å²) in [7, 11) is 5.40. The monoisotopic (exact) mass is 705 g/mol. The standard InChI is InChI=1S/C39H63NO10/c1-12-31-39(8,45)29(18-19-41)24(3)20-23(2)22-38(7,46-11)34(50-37-32(42)30(40(9)10)21-25(4)47-37)26(5)33(27(6)35(43)48-31)49-36(44)28-16-14-13-15-17-28/h13-17,20,23,25-27,29-34,37,41-42,45H,12,18-19,21-22H2,1-11H3/b24-20-/t23-,25+,26-,27+,29+,30-,31+,32+,33+,34+,37-,38+,39-/m0/s1. The summed E-state index contributed by atoms with van der Waals surface area (Å²) in [6.45, 7) is 14.6. The third kappa shape index (κ3) is 9.73. The van der Waals surface area contributed by atoms with Gasteiger partial charge in [-0.3, -0.25) is 4.79 Å². The second-order valence-corrected chi connectivity index (χ2v) is 15.2. The van der Waals surface area contributed by atoms with Gasteiger partial charge >= 0.3 is 11.9 Å². The van der Waals surface area contributed by atoms with E-state index in [-0.39, 0.29) is 31.1 Å². The number of carbonyl (C=O) groups excluding carboxylic acids is 2. The van der Waals surface area contributed by atoms with Crippen LogP contribution in [-0.4, -0.2) is 114 Å². The molecule has 0 bridgehead atoms. The molecule has 284 valence electrons. The van der Waals surface area contributed by atoms with E-state index >= 15 is 0 Å². The number of aliphatic hydroxyl groups is 3. The molecule has 11 nitrogen and oxygen atoms in total. The fourth-order valence-corrected chi connectivity index (χ4v) is 8.14. The van der Waals surface area contributed by atoms with E-state index in [1.807, 2.05) is 60.5 Å². The molecule has 1 fully saturated rings. The summed E-state index contributed by atoms with van der Waals surface area (Å²) < 4.78 is 31.7. The molecule has 50 heavy (non-hydrogen) atoms. The molecule has 0 radical (unpaired) electrons. The summed E-state index contributed by atoms with van der Waals surface area (Å²) in [5.41, 5.74) is -1.40. The number of carbonyl (C=O) groups is 2. The molecule has 0 amide bonds. The van der Waals surface area contributed by atoms with Crippen molar-refractivity contribution in [1.82, 2.24) is 4.90 Å².